The molecule has 0 aromatic heterocycles. The van der Waals surface area contributed by atoms with Gasteiger partial charge in [0, 0.05) is 22.1 Å². The van der Waals surface area contributed by atoms with Crippen molar-refractivity contribution in [2.75, 3.05) is 0 Å². The number of halogens is 2. The van der Waals surface area contributed by atoms with Crippen molar-refractivity contribution in [3.05, 3.63) is 34.1 Å². The Morgan fingerprint density at radius 1 is 1.39 bits per heavy atom. The topological polar surface area (TPSA) is 32.3 Å². The van der Waals surface area contributed by atoms with Crippen molar-refractivity contribution in [3.8, 4) is 0 Å². The summed E-state index contributed by atoms with van der Waals surface area (Å²) in [7, 11) is 0. The molecule has 0 aliphatic heterocycles. The van der Waals surface area contributed by atoms with Gasteiger partial charge in [0.25, 0.3) is 0 Å². The van der Waals surface area contributed by atoms with Crippen molar-refractivity contribution < 1.29 is 9.50 Å². The second kappa shape index (κ2) is 6.13. The Kier molecular flexibility index (Phi) is 4.76. The standard InChI is InChI=1S/C14H19BrFNO/c1-9(11-8-10(15)6-7-12(11)16)17-13-4-2-3-5-14(13)18/h6-9,13-14,17-18H,2-5H2,1H3/t9-,13-,14-/m1/s1. The number of aliphatic hydroxyl groups is 1. The molecule has 0 unspecified atom stereocenters. The summed E-state index contributed by atoms with van der Waals surface area (Å²) in [5, 5.41) is 13.3. The molecule has 0 saturated heterocycles. The van der Waals surface area contributed by atoms with Gasteiger partial charge < -0.3 is 10.4 Å². The number of rotatable bonds is 3. The molecule has 2 N–H and O–H groups in total. The summed E-state index contributed by atoms with van der Waals surface area (Å²) >= 11 is 3.36. The first-order chi connectivity index (χ1) is 8.58. The summed E-state index contributed by atoms with van der Waals surface area (Å²) in [6.45, 7) is 1.94. The summed E-state index contributed by atoms with van der Waals surface area (Å²) in [6.07, 6.45) is 3.70. The molecule has 3 atom stereocenters. The molecular weight excluding hydrogens is 297 g/mol. The van der Waals surface area contributed by atoms with Gasteiger partial charge in [-0.1, -0.05) is 28.8 Å². The summed E-state index contributed by atoms with van der Waals surface area (Å²) in [6, 6.07) is 4.94. The highest BCUT2D eigenvalue weighted by molar-refractivity contribution is 9.10. The van der Waals surface area contributed by atoms with Crippen LogP contribution in [-0.2, 0) is 0 Å². The molecule has 18 heavy (non-hydrogen) atoms. The van der Waals surface area contributed by atoms with Crippen LogP contribution in [0.1, 0.15) is 44.2 Å². The third kappa shape index (κ3) is 3.31. The molecule has 1 aromatic carbocycles. The van der Waals surface area contributed by atoms with Gasteiger partial charge in [0.2, 0.25) is 0 Å². The molecule has 0 amide bonds. The predicted octanol–water partition coefficient (Wildman–Crippen LogP) is 3.54. The van der Waals surface area contributed by atoms with E-state index in [1.54, 1.807) is 12.1 Å². The molecule has 1 aliphatic carbocycles. The van der Waals surface area contributed by atoms with Gasteiger partial charge in [-0.05, 0) is 38.0 Å². The number of benzene rings is 1. The van der Waals surface area contributed by atoms with Crippen LogP contribution in [0.4, 0.5) is 4.39 Å². The van der Waals surface area contributed by atoms with Gasteiger partial charge in [-0.25, -0.2) is 4.39 Å². The van der Waals surface area contributed by atoms with Gasteiger partial charge in [0.05, 0.1) is 6.10 Å². The van der Waals surface area contributed by atoms with E-state index in [0.717, 1.165) is 30.2 Å². The summed E-state index contributed by atoms with van der Waals surface area (Å²) in [5.74, 6) is -0.205. The van der Waals surface area contributed by atoms with Crippen molar-refractivity contribution in [1.29, 1.82) is 0 Å². The largest absolute Gasteiger partial charge is 0.392 e. The fourth-order valence-electron chi connectivity index (χ4n) is 2.56. The molecule has 1 saturated carbocycles. The Morgan fingerprint density at radius 3 is 2.83 bits per heavy atom. The number of aliphatic hydroxyl groups excluding tert-OH is 1. The molecule has 2 nitrogen and oxygen atoms in total. The van der Waals surface area contributed by atoms with Crippen LogP contribution in [0.2, 0.25) is 0 Å². The van der Waals surface area contributed by atoms with Crippen LogP contribution < -0.4 is 5.32 Å². The van der Waals surface area contributed by atoms with E-state index in [1.165, 1.54) is 6.07 Å². The van der Waals surface area contributed by atoms with Crippen LogP contribution in [0.3, 0.4) is 0 Å². The molecule has 100 valence electrons. The number of nitrogens with one attached hydrogen (secondary N) is 1. The minimum Gasteiger partial charge on any atom is -0.392 e. The average Bonchev–Trinajstić information content (AvgIpc) is 2.35. The fourth-order valence-corrected chi connectivity index (χ4v) is 2.94. The highest BCUT2D eigenvalue weighted by Gasteiger charge is 2.25. The van der Waals surface area contributed by atoms with E-state index in [1.807, 2.05) is 6.92 Å². The maximum Gasteiger partial charge on any atom is 0.128 e. The molecule has 1 aliphatic rings. The highest BCUT2D eigenvalue weighted by Crippen LogP contribution is 2.25. The summed E-state index contributed by atoms with van der Waals surface area (Å²) < 4.78 is 14.6. The molecule has 1 aromatic rings. The van der Waals surface area contributed by atoms with Gasteiger partial charge in [0.1, 0.15) is 5.82 Å². The first kappa shape index (κ1) is 14.0. The SMILES string of the molecule is C[C@@H](N[C@@H]1CCCC[C@H]1O)c1cc(Br)ccc1F. The second-order valence-electron chi connectivity index (χ2n) is 5.01. The molecule has 0 spiro atoms. The average molecular weight is 316 g/mol. The van der Waals surface area contributed by atoms with Crippen LogP contribution in [0.15, 0.2) is 22.7 Å². The van der Waals surface area contributed by atoms with Gasteiger partial charge in [-0.2, -0.15) is 0 Å². The molecule has 2 rings (SSSR count). The van der Waals surface area contributed by atoms with Gasteiger partial charge in [-0.3, -0.25) is 0 Å². The molecule has 0 heterocycles. The lowest BCUT2D eigenvalue weighted by Crippen LogP contribution is -2.43. The molecule has 4 heteroatoms. The lowest BCUT2D eigenvalue weighted by molar-refractivity contribution is 0.0857. The minimum atomic E-state index is -0.309. The van der Waals surface area contributed by atoms with Crippen LogP contribution in [-0.4, -0.2) is 17.3 Å². The molecular formula is C14H19BrFNO. The molecule has 0 radical (unpaired) electrons. The maximum absolute atomic E-state index is 13.7. The van der Waals surface area contributed by atoms with Gasteiger partial charge in [-0.15, -0.1) is 0 Å². The quantitative estimate of drug-likeness (QED) is 0.894. The third-order valence-corrected chi connectivity index (χ3v) is 4.11. The van der Waals surface area contributed by atoms with Crippen molar-refractivity contribution >= 4 is 15.9 Å². The summed E-state index contributed by atoms with van der Waals surface area (Å²) in [5.41, 5.74) is 0.641. The Hall–Kier alpha value is -0.450. The Labute approximate surface area is 116 Å². The monoisotopic (exact) mass is 315 g/mol. The second-order valence-corrected chi connectivity index (χ2v) is 5.93. The van der Waals surface area contributed by atoms with E-state index in [0.29, 0.717) is 5.56 Å². The van der Waals surface area contributed by atoms with Crippen LogP contribution in [0, 0.1) is 5.82 Å². The van der Waals surface area contributed by atoms with Crippen molar-refractivity contribution in [2.45, 2.75) is 50.8 Å². The van der Waals surface area contributed by atoms with E-state index < -0.39 is 0 Å². The van der Waals surface area contributed by atoms with E-state index in [2.05, 4.69) is 21.2 Å². The maximum atomic E-state index is 13.7. The van der Waals surface area contributed by atoms with E-state index in [9.17, 15) is 9.50 Å². The van der Waals surface area contributed by atoms with Crippen molar-refractivity contribution in [2.24, 2.45) is 0 Å². The zero-order chi connectivity index (χ0) is 13.1. The van der Waals surface area contributed by atoms with Crippen molar-refractivity contribution in [3.63, 3.8) is 0 Å². The lowest BCUT2D eigenvalue weighted by atomic mass is 9.91. The van der Waals surface area contributed by atoms with Gasteiger partial charge >= 0.3 is 0 Å². The number of hydrogen-bond acceptors (Lipinski definition) is 2. The van der Waals surface area contributed by atoms with E-state index in [-0.39, 0.29) is 24.0 Å². The van der Waals surface area contributed by atoms with Crippen LogP contribution >= 0.6 is 15.9 Å². The Morgan fingerprint density at radius 2 is 2.11 bits per heavy atom. The zero-order valence-corrected chi connectivity index (χ0v) is 12.1. The van der Waals surface area contributed by atoms with E-state index >= 15 is 0 Å². The normalized spacial score (nSPS) is 26.0. The smallest absolute Gasteiger partial charge is 0.128 e. The molecule has 0 bridgehead atoms. The van der Waals surface area contributed by atoms with Crippen LogP contribution in [0.5, 0.6) is 0 Å². The van der Waals surface area contributed by atoms with E-state index in [4.69, 9.17) is 0 Å². The minimum absolute atomic E-state index is 0.0760. The predicted molar refractivity (Wildman–Crippen MR) is 73.9 cm³/mol. The zero-order valence-electron chi connectivity index (χ0n) is 10.5. The Bertz CT molecular complexity index is 413. The molecule has 1 fully saturated rings. The lowest BCUT2D eigenvalue weighted by Gasteiger charge is -2.31. The van der Waals surface area contributed by atoms with Crippen molar-refractivity contribution in [1.82, 2.24) is 5.32 Å². The summed E-state index contributed by atoms with van der Waals surface area (Å²) in [4.78, 5) is 0. The van der Waals surface area contributed by atoms with Gasteiger partial charge in [0.15, 0.2) is 0 Å². The van der Waals surface area contributed by atoms with Crippen LogP contribution in [0.25, 0.3) is 0 Å². The Balaban J connectivity index is 2.06. The highest BCUT2D eigenvalue weighted by atomic mass is 79.9. The first-order valence-corrected chi connectivity index (χ1v) is 7.26. The fraction of sp³-hybridized carbons (Fsp3) is 0.571. The number of hydrogen-bond donors (Lipinski definition) is 2. The first-order valence-electron chi connectivity index (χ1n) is 6.47. The third-order valence-electron chi connectivity index (χ3n) is 3.62.